The number of fused-ring (bicyclic) bond motifs is 1. The van der Waals surface area contributed by atoms with Crippen molar-refractivity contribution in [1.82, 2.24) is 19.1 Å². The molecular formula is C21H26N4O3S. The minimum Gasteiger partial charge on any atom is -0.440 e. The van der Waals surface area contributed by atoms with Crippen molar-refractivity contribution in [1.29, 1.82) is 0 Å². The standard InChI is InChI=1S/C21H26N4O3S/c1-5-25-19-10-11-24(13-18(19)20(23-25)21-22-12-15(4)28-21)29(26,27)17-8-6-16(7-9-17)14(2)3/h6-9,12,14H,5,10-11,13H2,1-4H3. The molecule has 0 saturated carbocycles. The molecule has 1 aliphatic rings. The normalized spacial score (nSPS) is 15.1. The van der Waals surface area contributed by atoms with Crippen LogP contribution in [0, 0.1) is 6.92 Å². The summed E-state index contributed by atoms with van der Waals surface area (Å²) in [6, 6.07) is 7.19. The second-order valence-corrected chi connectivity index (χ2v) is 9.62. The first kappa shape index (κ1) is 19.8. The zero-order valence-corrected chi connectivity index (χ0v) is 18.0. The van der Waals surface area contributed by atoms with E-state index in [4.69, 9.17) is 4.42 Å². The first-order valence-electron chi connectivity index (χ1n) is 9.92. The van der Waals surface area contributed by atoms with E-state index in [0.29, 0.717) is 47.7 Å². The smallest absolute Gasteiger partial charge is 0.247 e. The van der Waals surface area contributed by atoms with Crippen molar-refractivity contribution in [3.05, 3.63) is 53.0 Å². The van der Waals surface area contributed by atoms with Gasteiger partial charge in [0.05, 0.1) is 11.1 Å². The van der Waals surface area contributed by atoms with Crippen LogP contribution in [0.1, 0.15) is 49.3 Å². The monoisotopic (exact) mass is 414 g/mol. The summed E-state index contributed by atoms with van der Waals surface area (Å²) in [6.07, 6.45) is 2.26. The Morgan fingerprint density at radius 1 is 1.21 bits per heavy atom. The maximum absolute atomic E-state index is 13.3. The highest BCUT2D eigenvalue weighted by atomic mass is 32.2. The number of aromatic nitrogens is 3. The molecule has 3 aromatic rings. The van der Waals surface area contributed by atoms with Crippen LogP contribution in [0.5, 0.6) is 0 Å². The van der Waals surface area contributed by atoms with Crippen molar-refractivity contribution >= 4 is 10.0 Å². The molecule has 0 spiro atoms. The maximum atomic E-state index is 13.3. The minimum atomic E-state index is -3.59. The van der Waals surface area contributed by atoms with Crippen molar-refractivity contribution < 1.29 is 12.8 Å². The molecule has 0 unspecified atom stereocenters. The van der Waals surface area contributed by atoms with Gasteiger partial charge < -0.3 is 4.42 Å². The molecule has 4 rings (SSSR count). The summed E-state index contributed by atoms with van der Waals surface area (Å²) in [6.45, 7) is 9.44. The zero-order valence-electron chi connectivity index (χ0n) is 17.2. The van der Waals surface area contributed by atoms with Crippen LogP contribution in [-0.2, 0) is 29.5 Å². The van der Waals surface area contributed by atoms with E-state index in [1.807, 2.05) is 30.7 Å². The van der Waals surface area contributed by atoms with Gasteiger partial charge in [-0.05, 0) is 37.5 Å². The Kier molecular flexibility index (Phi) is 5.08. The molecule has 29 heavy (non-hydrogen) atoms. The van der Waals surface area contributed by atoms with Crippen molar-refractivity contribution in [3.63, 3.8) is 0 Å². The molecule has 154 valence electrons. The third-order valence-corrected chi connectivity index (χ3v) is 7.27. The fourth-order valence-electron chi connectivity index (χ4n) is 3.74. The molecule has 0 bridgehead atoms. The minimum absolute atomic E-state index is 0.264. The average molecular weight is 415 g/mol. The Bertz CT molecular complexity index is 1130. The van der Waals surface area contributed by atoms with Crippen LogP contribution in [0.2, 0.25) is 0 Å². The maximum Gasteiger partial charge on any atom is 0.247 e. The lowest BCUT2D eigenvalue weighted by Gasteiger charge is -2.27. The lowest BCUT2D eigenvalue weighted by molar-refractivity contribution is 0.384. The van der Waals surface area contributed by atoms with Gasteiger partial charge in [-0.25, -0.2) is 13.4 Å². The Morgan fingerprint density at radius 2 is 1.93 bits per heavy atom. The molecule has 1 aromatic carbocycles. The van der Waals surface area contributed by atoms with Crippen molar-refractivity contribution in [2.24, 2.45) is 0 Å². The van der Waals surface area contributed by atoms with Crippen LogP contribution < -0.4 is 0 Å². The molecule has 0 radical (unpaired) electrons. The predicted octanol–water partition coefficient (Wildman–Crippen LogP) is 3.74. The lowest BCUT2D eigenvalue weighted by atomic mass is 10.0. The van der Waals surface area contributed by atoms with Gasteiger partial charge in [-0.15, -0.1) is 0 Å². The van der Waals surface area contributed by atoms with Crippen molar-refractivity contribution in [3.8, 4) is 11.6 Å². The summed E-state index contributed by atoms with van der Waals surface area (Å²) in [5.74, 6) is 1.49. The number of sulfonamides is 1. The Balaban J connectivity index is 1.69. The predicted molar refractivity (Wildman–Crippen MR) is 110 cm³/mol. The third-order valence-electron chi connectivity index (χ3n) is 5.41. The fourth-order valence-corrected chi connectivity index (χ4v) is 5.15. The van der Waals surface area contributed by atoms with Gasteiger partial charge in [-0.1, -0.05) is 26.0 Å². The molecule has 0 fully saturated rings. The summed E-state index contributed by atoms with van der Waals surface area (Å²) in [5.41, 5.74) is 3.68. The number of oxazole rings is 1. The van der Waals surface area contributed by atoms with Gasteiger partial charge in [0.1, 0.15) is 5.76 Å². The van der Waals surface area contributed by atoms with Gasteiger partial charge in [0.15, 0.2) is 5.69 Å². The molecule has 0 aliphatic carbocycles. The van der Waals surface area contributed by atoms with E-state index < -0.39 is 10.0 Å². The van der Waals surface area contributed by atoms with E-state index in [2.05, 4.69) is 23.9 Å². The number of hydrogen-bond donors (Lipinski definition) is 0. The zero-order chi connectivity index (χ0) is 20.8. The largest absolute Gasteiger partial charge is 0.440 e. The van der Waals surface area contributed by atoms with Crippen LogP contribution in [0.3, 0.4) is 0 Å². The second-order valence-electron chi connectivity index (χ2n) is 7.68. The van der Waals surface area contributed by atoms with Gasteiger partial charge in [-0.2, -0.15) is 9.40 Å². The first-order valence-corrected chi connectivity index (χ1v) is 11.4. The molecule has 8 heteroatoms. The van der Waals surface area contributed by atoms with Gasteiger partial charge in [-0.3, -0.25) is 4.68 Å². The Morgan fingerprint density at radius 3 is 2.52 bits per heavy atom. The van der Waals surface area contributed by atoms with Crippen molar-refractivity contribution in [2.45, 2.75) is 58.0 Å². The number of aryl methyl sites for hydroxylation is 2. The highest BCUT2D eigenvalue weighted by molar-refractivity contribution is 7.89. The SMILES string of the molecule is CCn1nc(-c2ncc(C)o2)c2c1CCN(S(=O)(=O)c1ccc(C(C)C)cc1)C2. The molecule has 3 heterocycles. The molecule has 1 aliphatic heterocycles. The van der Waals surface area contributed by atoms with Crippen molar-refractivity contribution in [2.75, 3.05) is 6.54 Å². The number of benzene rings is 1. The van der Waals surface area contributed by atoms with Crippen LogP contribution in [0.4, 0.5) is 0 Å². The van der Waals surface area contributed by atoms with Crippen LogP contribution in [-0.4, -0.2) is 34.0 Å². The van der Waals surface area contributed by atoms with E-state index in [-0.39, 0.29) is 6.54 Å². The summed E-state index contributed by atoms with van der Waals surface area (Å²) >= 11 is 0. The van der Waals surface area contributed by atoms with Gasteiger partial charge in [0.25, 0.3) is 0 Å². The van der Waals surface area contributed by atoms with Crippen LogP contribution in [0.15, 0.2) is 39.8 Å². The lowest BCUT2D eigenvalue weighted by Crippen LogP contribution is -2.36. The molecule has 0 atom stereocenters. The number of nitrogens with zero attached hydrogens (tertiary/aromatic N) is 4. The molecule has 0 amide bonds. The number of rotatable bonds is 5. The van der Waals surface area contributed by atoms with E-state index in [1.165, 1.54) is 4.31 Å². The highest BCUT2D eigenvalue weighted by Gasteiger charge is 2.33. The van der Waals surface area contributed by atoms with E-state index >= 15 is 0 Å². The Labute approximate surface area is 171 Å². The summed E-state index contributed by atoms with van der Waals surface area (Å²) in [4.78, 5) is 4.62. The topological polar surface area (TPSA) is 81.2 Å². The van der Waals surface area contributed by atoms with E-state index in [0.717, 1.165) is 16.8 Å². The summed E-state index contributed by atoms with van der Waals surface area (Å²) in [7, 11) is -3.59. The Hall–Kier alpha value is -2.45. The molecule has 0 saturated heterocycles. The van der Waals surface area contributed by atoms with E-state index in [9.17, 15) is 8.42 Å². The van der Waals surface area contributed by atoms with Gasteiger partial charge >= 0.3 is 0 Å². The number of hydrogen-bond acceptors (Lipinski definition) is 5. The molecule has 7 nitrogen and oxygen atoms in total. The van der Waals surface area contributed by atoms with Crippen LogP contribution >= 0.6 is 0 Å². The molecule has 0 N–H and O–H groups in total. The average Bonchev–Trinajstić information content (AvgIpc) is 3.30. The van der Waals surface area contributed by atoms with Crippen LogP contribution in [0.25, 0.3) is 11.6 Å². The third kappa shape index (κ3) is 3.51. The van der Waals surface area contributed by atoms with Gasteiger partial charge in [0.2, 0.25) is 15.9 Å². The second kappa shape index (κ2) is 7.42. The molecular weight excluding hydrogens is 388 g/mol. The quantitative estimate of drug-likeness (QED) is 0.635. The fraction of sp³-hybridized carbons (Fsp3) is 0.429. The van der Waals surface area contributed by atoms with Gasteiger partial charge in [0, 0.05) is 37.3 Å². The van der Waals surface area contributed by atoms with E-state index in [1.54, 1.807) is 18.3 Å². The highest BCUT2D eigenvalue weighted by Crippen LogP contribution is 2.32. The summed E-state index contributed by atoms with van der Waals surface area (Å²) < 4.78 is 35.7. The summed E-state index contributed by atoms with van der Waals surface area (Å²) in [5, 5.41) is 4.65. The molecule has 2 aromatic heterocycles. The first-order chi connectivity index (χ1) is 13.8.